The topological polar surface area (TPSA) is 21.3 Å². The fourth-order valence-corrected chi connectivity index (χ4v) is 3.53. The van der Waals surface area contributed by atoms with Crippen molar-refractivity contribution >= 4 is 23.6 Å². The number of benzene rings is 3. The number of rotatable bonds is 1. The van der Waals surface area contributed by atoms with Crippen molar-refractivity contribution in [3.05, 3.63) is 89.5 Å². The highest BCUT2D eigenvalue weighted by Crippen LogP contribution is 2.46. The number of anilines is 1. The van der Waals surface area contributed by atoms with Crippen molar-refractivity contribution < 1.29 is 4.74 Å². The summed E-state index contributed by atoms with van der Waals surface area (Å²) in [4.78, 5) is 0. The lowest BCUT2D eigenvalue weighted by Gasteiger charge is -2.27. The van der Waals surface area contributed by atoms with E-state index in [2.05, 4.69) is 59.9 Å². The Kier molecular flexibility index (Phi) is 3.20. The molecule has 0 unspecified atom stereocenters. The molecule has 0 amide bonds. The van der Waals surface area contributed by atoms with Crippen LogP contribution in [0.15, 0.2) is 72.8 Å². The first-order valence-electron chi connectivity index (χ1n) is 8.52. The van der Waals surface area contributed by atoms with E-state index in [-0.39, 0.29) is 0 Å². The summed E-state index contributed by atoms with van der Waals surface area (Å²) in [5.41, 5.74) is 7.00. The van der Waals surface area contributed by atoms with Crippen molar-refractivity contribution in [3.8, 4) is 16.9 Å². The van der Waals surface area contributed by atoms with Gasteiger partial charge in [0.2, 0.25) is 0 Å². The zero-order valence-electron chi connectivity index (χ0n) is 13.7. The summed E-state index contributed by atoms with van der Waals surface area (Å²) in [6, 6.07) is 22.9. The highest BCUT2D eigenvalue weighted by atomic mass is 16.5. The lowest BCUT2D eigenvalue weighted by atomic mass is 9.89. The van der Waals surface area contributed by atoms with Crippen LogP contribution < -0.4 is 10.1 Å². The number of fused-ring (bicyclic) bond motifs is 5. The second kappa shape index (κ2) is 5.67. The van der Waals surface area contributed by atoms with Crippen LogP contribution in [0.4, 0.5) is 5.69 Å². The van der Waals surface area contributed by atoms with E-state index < -0.39 is 0 Å². The monoisotopic (exact) mass is 323 g/mol. The SMILES string of the molecule is C1=Cc2c(ccc3c2C(=Cc2ccccc2)Oc2ccccc2-3)NC1. The van der Waals surface area contributed by atoms with Crippen LogP contribution in [0, 0.1) is 0 Å². The molecule has 120 valence electrons. The molecule has 3 aromatic carbocycles. The van der Waals surface area contributed by atoms with E-state index in [4.69, 9.17) is 4.74 Å². The first-order valence-corrected chi connectivity index (χ1v) is 8.52. The summed E-state index contributed by atoms with van der Waals surface area (Å²) in [7, 11) is 0. The number of hydrogen-bond donors (Lipinski definition) is 1. The molecule has 0 fully saturated rings. The molecule has 0 radical (unpaired) electrons. The Bertz CT molecular complexity index is 1020. The summed E-state index contributed by atoms with van der Waals surface area (Å²) in [6.07, 6.45) is 6.47. The molecule has 0 spiro atoms. The maximum absolute atomic E-state index is 6.33. The molecule has 0 saturated carbocycles. The molecule has 2 heterocycles. The first-order chi connectivity index (χ1) is 12.4. The molecule has 3 aromatic rings. The van der Waals surface area contributed by atoms with Gasteiger partial charge in [-0.15, -0.1) is 0 Å². The molecule has 0 aromatic heterocycles. The van der Waals surface area contributed by atoms with Crippen molar-refractivity contribution in [3.63, 3.8) is 0 Å². The Morgan fingerprint density at radius 1 is 0.840 bits per heavy atom. The van der Waals surface area contributed by atoms with Gasteiger partial charge in [-0.3, -0.25) is 0 Å². The van der Waals surface area contributed by atoms with Crippen LogP contribution in [-0.4, -0.2) is 6.54 Å². The second-order valence-corrected chi connectivity index (χ2v) is 6.25. The lowest BCUT2D eigenvalue weighted by molar-refractivity contribution is 0.515. The second-order valence-electron chi connectivity index (χ2n) is 6.25. The summed E-state index contributed by atoms with van der Waals surface area (Å²) < 4.78 is 6.33. The van der Waals surface area contributed by atoms with E-state index in [0.29, 0.717) is 0 Å². The standard InChI is InChI=1S/C23H17NO/c1-2-7-16(8-3-1)15-22-23-18(17-9-4-5-11-21(17)25-22)12-13-20-19(23)10-6-14-24-20/h1-13,15,24H,14H2. The Balaban J connectivity index is 1.79. The third-order valence-electron chi connectivity index (χ3n) is 4.68. The highest BCUT2D eigenvalue weighted by Gasteiger charge is 2.25. The third kappa shape index (κ3) is 2.34. The summed E-state index contributed by atoms with van der Waals surface area (Å²) in [6.45, 7) is 0.862. The molecular weight excluding hydrogens is 306 g/mol. The molecule has 0 saturated heterocycles. The van der Waals surface area contributed by atoms with Crippen molar-refractivity contribution in [2.75, 3.05) is 11.9 Å². The number of ether oxygens (including phenoxy) is 1. The Morgan fingerprint density at radius 2 is 1.68 bits per heavy atom. The fraction of sp³-hybridized carbons (Fsp3) is 0.0435. The van der Waals surface area contributed by atoms with Crippen molar-refractivity contribution in [1.29, 1.82) is 0 Å². The van der Waals surface area contributed by atoms with Crippen LogP contribution >= 0.6 is 0 Å². The van der Waals surface area contributed by atoms with Crippen molar-refractivity contribution in [2.45, 2.75) is 0 Å². The van der Waals surface area contributed by atoms with Gasteiger partial charge in [0.25, 0.3) is 0 Å². The van der Waals surface area contributed by atoms with E-state index in [1.165, 1.54) is 11.1 Å². The molecule has 25 heavy (non-hydrogen) atoms. The lowest BCUT2D eigenvalue weighted by Crippen LogP contribution is -2.11. The highest BCUT2D eigenvalue weighted by molar-refractivity contribution is 5.98. The predicted octanol–water partition coefficient (Wildman–Crippen LogP) is 5.68. The molecule has 0 atom stereocenters. The molecule has 0 aliphatic carbocycles. The zero-order valence-corrected chi connectivity index (χ0v) is 13.7. The third-order valence-corrected chi connectivity index (χ3v) is 4.68. The maximum Gasteiger partial charge on any atom is 0.136 e. The minimum absolute atomic E-state index is 0.862. The van der Waals surface area contributed by atoms with E-state index in [1.807, 2.05) is 30.3 Å². The van der Waals surface area contributed by atoms with Gasteiger partial charge in [0.1, 0.15) is 11.5 Å². The van der Waals surface area contributed by atoms with E-state index >= 15 is 0 Å². The smallest absolute Gasteiger partial charge is 0.136 e. The molecular formula is C23H17NO. The summed E-state index contributed by atoms with van der Waals surface area (Å²) >= 11 is 0. The van der Waals surface area contributed by atoms with Gasteiger partial charge in [0, 0.05) is 28.9 Å². The van der Waals surface area contributed by atoms with Gasteiger partial charge < -0.3 is 10.1 Å². The average Bonchev–Trinajstić information content (AvgIpc) is 2.68. The van der Waals surface area contributed by atoms with Gasteiger partial charge in [-0.1, -0.05) is 66.7 Å². The van der Waals surface area contributed by atoms with Gasteiger partial charge in [0.15, 0.2) is 0 Å². The average molecular weight is 323 g/mol. The maximum atomic E-state index is 6.33. The van der Waals surface area contributed by atoms with Crippen molar-refractivity contribution in [2.24, 2.45) is 0 Å². The Hall–Kier alpha value is -3.26. The summed E-state index contributed by atoms with van der Waals surface area (Å²) in [5, 5.41) is 3.45. The number of hydrogen-bond acceptors (Lipinski definition) is 2. The van der Waals surface area contributed by atoms with Crippen molar-refractivity contribution in [1.82, 2.24) is 0 Å². The molecule has 5 rings (SSSR count). The Labute approximate surface area is 147 Å². The minimum atomic E-state index is 0.862. The summed E-state index contributed by atoms with van der Waals surface area (Å²) in [5.74, 6) is 1.80. The fourth-order valence-electron chi connectivity index (χ4n) is 3.53. The predicted molar refractivity (Wildman–Crippen MR) is 104 cm³/mol. The van der Waals surface area contributed by atoms with Gasteiger partial charge in [-0.2, -0.15) is 0 Å². The van der Waals surface area contributed by atoms with Crippen LogP contribution in [0.1, 0.15) is 16.7 Å². The molecule has 1 N–H and O–H groups in total. The van der Waals surface area contributed by atoms with E-state index in [9.17, 15) is 0 Å². The van der Waals surface area contributed by atoms with Crippen LogP contribution in [0.25, 0.3) is 29.0 Å². The Morgan fingerprint density at radius 3 is 2.60 bits per heavy atom. The largest absolute Gasteiger partial charge is 0.456 e. The molecule has 2 nitrogen and oxygen atoms in total. The first kappa shape index (κ1) is 14.1. The van der Waals surface area contributed by atoms with Crippen LogP contribution in [0.5, 0.6) is 5.75 Å². The molecule has 0 bridgehead atoms. The molecule has 2 aliphatic heterocycles. The zero-order chi connectivity index (χ0) is 16.6. The molecule has 2 heteroatoms. The number of nitrogens with one attached hydrogen (secondary N) is 1. The van der Waals surface area contributed by atoms with Gasteiger partial charge in [-0.05, 0) is 29.3 Å². The van der Waals surface area contributed by atoms with Crippen LogP contribution in [-0.2, 0) is 0 Å². The van der Waals surface area contributed by atoms with Crippen LogP contribution in [0.2, 0.25) is 0 Å². The normalized spacial score (nSPS) is 15.6. The van der Waals surface area contributed by atoms with Gasteiger partial charge >= 0.3 is 0 Å². The van der Waals surface area contributed by atoms with Crippen LogP contribution in [0.3, 0.4) is 0 Å². The van der Waals surface area contributed by atoms with E-state index in [0.717, 1.165) is 40.4 Å². The quantitative estimate of drug-likeness (QED) is 0.622. The van der Waals surface area contributed by atoms with E-state index in [1.54, 1.807) is 0 Å². The molecule has 2 aliphatic rings. The van der Waals surface area contributed by atoms with Gasteiger partial charge in [-0.25, -0.2) is 0 Å². The minimum Gasteiger partial charge on any atom is -0.456 e. The number of para-hydroxylation sites is 1. The van der Waals surface area contributed by atoms with Gasteiger partial charge in [0.05, 0.1) is 0 Å².